The van der Waals surface area contributed by atoms with E-state index >= 15 is 0 Å². The molecule has 0 atom stereocenters. The molecule has 0 saturated carbocycles. The molecule has 0 unspecified atom stereocenters. The van der Waals surface area contributed by atoms with E-state index in [1.165, 1.54) is 16.7 Å². The molecule has 0 amide bonds. The fraction of sp³-hybridized carbons (Fsp3) is 0.286. The predicted octanol–water partition coefficient (Wildman–Crippen LogP) is 4.18. The summed E-state index contributed by atoms with van der Waals surface area (Å²) in [4.78, 5) is 0. The Morgan fingerprint density at radius 1 is 1.00 bits per heavy atom. The van der Waals surface area contributed by atoms with Crippen LogP contribution in [0.4, 0.5) is 0 Å². The largest absolute Gasteiger partial charge is 0.153 e. The summed E-state index contributed by atoms with van der Waals surface area (Å²) in [5.74, 6) is 1.85. The second kappa shape index (κ2) is 6.21. The number of thioether (sulfide) groups is 1. The van der Waals surface area contributed by atoms with Gasteiger partial charge in [0.1, 0.15) is 0 Å². The van der Waals surface area contributed by atoms with E-state index in [0.717, 1.165) is 17.2 Å². The lowest BCUT2D eigenvalue weighted by Gasteiger charge is -2.04. The maximum atomic E-state index is 5.70. The lowest BCUT2D eigenvalue weighted by molar-refractivity contribution is 0.971. The van der Waals surface area contributed by atoms with E-state index in [4.69, 9.17) is 11.6 Å². The van der Waals surface area contributed by atoms with Crippen LogP contribution < -0.4 is 0 Å². The highest BCUT2D eigenvalue weighted by Gasteiger charge is 1.99. The molecule has 2 aromatic rings. The highest BCUT2D eigenvalue weighted by Crippen LogP contribution is 2.19. The van der Waals surface area contributed by atoms with Crippen LogP contribution in [0.3, 0.4) is 0 Å². The molecule has 0 aliphatic carbocycles. The first-order chi connectivity index (χ1) is 8.63. The maximum absolute atomic E-state index is 5.70. The molecule has 0 bridgehead atoms. The average Bonchev–Trinajstić information content (AvgIpc) is 2.30. The van der Waals surface area contributed by atoms with Gasteiger partial charge in [-0.3, -0.25) is 0 Å². The molecule has 1 heterocycles. The summed E-state index contributed by atoms with van der Waals surface area (Å²) >= 11 is 7.53. The number of aryl methyl sites for hydroxylation is 2. The van der Waals surface area contributed by atoms with Crippen LogP contribution in [-0.4, -0.2) is 10.2 Å². The van der Waals surface area contributed by atoms with Crippen LogP contribution in [0.2, 0.25) is 5.15 Å². The van der Waals surface area contributed by atoms with E-state index in [1.807, 2.05) is 17.8 Å². The first kappa shape index (κ1) is 13.4. The van der Waals surface area contributed by atoms with Gasteiger partial charge in [0.05, 0.1) is 5.69 Å². The number of rotatable bonds is 4. The molecule has 0 N–H and O–H groups in total. The molecule has 0 spiro atoms. The Balaban J connectivity index is 1.90. The fourth-order valence-corrected chi connectivity index (χ4v) is 2.81. The third-order valence-corrected chi connectivity index (χ3v) is 3.73. The van der Waals surface area contributed by atoms with Crippen molar-refractivity contribution in [3.05, 3.63) is 57.9 Å². The van der Waals surface area contributed by atoms with Crippen molar-refractivity contribution in [2.45, 2.75) is 25.4 Å². The lowest BCUT2D eigenvalue weighted by atomic mass is 10.1. The summed E-state index contributed by atoms with van der Waals surface area (Å²) in [6, 6.07) is 10.4. The molecule has 1 aromatic heterocycles. The minimum Gasteiger partial charge on any atom is -0.153 e. The summed E-state index contributed by atoms with van der Waals surface area (Å²) < 4.78 is 0. The molecule has 4 heteroatoms. The van der Waals surface area contributed by atoms with Gasteiger partial charge >= 0.3 is 0 Å². The van der Waals surface area contributed by atoms with E-state index < -0.39 is 0 Å². The van der Waals surface area contributed by atoms with E-state index in [9.17, 15) is 0 Å². The summed E-state index contributed by atoms with van der Waals surface area (Å²) in [6.45, 7) is 4.26. The molecule has 0 saturated heterocycles. The van der Waals surface area contributed by atoms with Gasteiger partial charge in [-0.2, -0.15) is 16.9 Å². The van der Waals surface area contributed by atoms with Crippen molar-refractivity contribution in [3.63, 3.8) is 0 Å². The number of hydrogen-bond donors (Lipinski definition) is 0. The van der Waals surface area contributed by atoms with Gasteiger partial charge in [-0.1, -0.05) is 40.9 Å². The molecule has 1 aromatic carbocycles. The maximum Gasteiger partial charge on any atom is 0.151 e. The Hall–Kier alpha value is -1.06. The molecule has 0 aliphatic heterocycles. The topological polar surface area (TPSA) is 25.8 Å². The van der Waals surface area contributed by atoms with Gasteiger partial charge in [-0.25, -0.2) is 0 Å². The summed E-state index contributed by atoms with van der Waals surface area (Å²) in [5.41, 5.74) is 4.96. The van der Waals surface area contributed by atoms with E-state index in [-0.39, 0.29) is 0 Å². The van der Waals surface area contributed by atoms with Crippen molar-refractivity contribution in [2.24, 2.45) is 0 Å². The second-order valence-corrected chi connectivity index (χ2v) is 5.71. The first-order valence-corrected chi connectivity index (χ1v) is 7.30. The third-order valence-electron chi connectivity index (χ3n) is 2.49. The van der Waals surface area contributed by atoms with Crippen molar-refractivity contribution in [3.8, 4) is 0 Å². The minimum atomic E-state index is 0.443. The van der Waals surface area contributed by atoms with E-state index in [0.29, 0.717) is 5.15 Å². The Kier molecular flexibility index (Phi) is 4.61. The minimum absolute atomic E-state index is 0.443. The molecular formula is C14H15ClN2S. The first-order valence-electron chi connectivity index (χ1n) is 5.76. The summed E-state index contributed by atoms with van der Waals surface area (Å²) in [5, 5.41) is 8.32. The van der Waals surface area contributed by atoms with Crippen LogP contribution >= 0.6 is 23.4 Å². The van der Waals surface area contributed by atoms with Crippen molar-refractivity contribution in [2.75, 3.05) is 0 Å². The van der Waals surface area contributed by atoms with Gasteiger partial charge in [0.15, 0.2) is 5.15 Å². The van der Waals surface area contributed by atoms with Crippen molar-refractivity contribution < 1.29 is 0 Å². The van der Waals surface area contributed by atoms with Crippen molar-refractivity contribution in [1.29, 1.82) is 0 Å². The highest BCUT2D eigenvalue weighted by atomic mass is 35.5. The van der Waals surface area contributed by atoms with Crippen LogP contribution in [0.5, 0.6) is 0 Å². The highest BCUT2D eigenvalue weighted by molar-refractivity contribution is 7.97. The molecule has 2 nitrogen and oxygen atoms in total. The van der Waals surface area contributed by atoms with Gasteiger partial charge < -0.3 is 0 Å². The molecule has 94 valence electrons. The van der Waals surface area contributed by atoms with Crippen LogP contribution in [0.1, 0.15) is 22.4 Å². The zero-order valence-electron chi connectivity index (χ0n) is 10.5. The Morgan fingerprint density at radius 2 is 1.72 bits per heavy atom. The molecular weight excluding hydrogens is 264 g/mol. The monoisotopic (exact) mass is 278 g/mol. The molecule has 2 rings (SSSR count). The Labute approximate surface area is 117 Å². The number of hydrogen-bond acceptors (Lipinski definition) is 3. The quantitative estimate of drug-likeness (QED) is 0.839. The Bertz CT molecular complexity index is 506. The molecule has 0 aliphatic rings. The SMILES string of the molecule is Cc1cc(C)cc(CSCc2ccc(Cl)nn2)c1. The van der Waals surface area contributed by atoms with Crippen molar-refractivity contribution >= 4 is 23.4 Å². The van der Waals surface area contributed by atoms with Crippen molar-refractivity contribution in [1.82, 2.24) is 10.2 Å². The number of benzene rings is 1. The van der Waals surface area contributed by atoms with Gasteiger partial charge in [0.25, 0.3) is 0 Å². The van der Waals surface area contributed by atoms with Gasteiger partial charge in [-0.05, 0) is 31.5 Å². The van der Waals surface area contributed by atoms with Gasteiger partial charge in [0, 0.05) is 11.5 Å². The zero-order valence-corrected chi connectivity index (χ0v) is 12.1. The normalized spacial score (nSPS) is 10.6. The third kappa shape index (κ3) is 4.00. The second-order valence-electron chi connectivity index (χ2n) is 4.34. The van der Waals surface area contributed by atoms with E-state index in [1.54, 1.807) is 6.07 Å². The van der Waals surface area contributed by atoms with Crippen LogP contribution in [-0.2, 0) is 11.5 Å². The van der Waals surface area contributed by atoms with Gasteiger partial charge in [0.2, 0.25) is 0 Å². The molecule has 0 fully saturated rings. The summed E-state index contributed by atoms with van der Waals surface area (Å²) in [7, 11) is 0. The Morgan fingerprint density at radius 3 is 2.33 bits per heavy atom. The number of halogens is 1. The standard InChI is InChI=1S/C14H15ClN2S/c1-10-5-11(2)7-12(6-10)8-18-9-13-3-4-14(15)17-16-13/h3-7H,8-9H2,1-2H3. The predicted molar refractivity (Wildman–Crippen MR) is 78.0 cm³/mol. The molecule has 18 heavy (non-hydrogen) atoms. The number of aromatic nitrogens is 2. The van der Waals surface area contributed by atoms with Crippen LogP contribution in [0, 0.1) is 13.8 Å². The lowest BCUT2D eigenvalue weighted by Crippen LogP contribution is -1.91. The molecule has 0 radical (unpaired) electrons. The van der Waals surface area contributed by atoms with E-state index in [2.05, 4.69) is 42.2 Å². The number of nitrogens with zero attached hydrogens (tertiary/aromatic N) is 2. The van der Waals surface area contributed by atoms with Crippen LogP contribution in [0.25, 0.3) is 0 Å². The van der Waals surface area contributed by atoms with Crippen LogP contribution in [0.15, 0.2) is 30.3 Å². The zero-order chi connectivity index (χ0) is 13.0. The fourth-order valence-electron chi connectivity index (χ4n) is 1.85. The smallest absolute Gasteiger partial charge is 0.151 e. The van der Waals surface area contributed by atoms with Gasteiger partial charge in [-0.15, -0.1) is 5.10 Å². The summed E-state index contributed by atoms with van der Waals surface area (Å²) in [6.07, 6.45) is 0. The average molecular weight is 279 g/mol.